The molecule has 0 saturated carbocycles. The fraction of sp³-hybridized carbons (Fsp3) is 0.0800. The number of carboxylic acid groups (broad SMARTS) is 1. The number of hydrogen-bond donors (Lipinski definition) is 0. The van der Waals surface area contributed by atoms with Crippen LogP contribution in [0.1, 0.15) is 28.2 Å². The summed E-state index contributed by atoms with van der Waals surface area (Å²) >= 11 is 0. The molecule has 4 aromatic rings. The Morgan fingerprint density at radius 3 is 2.43 bits per heavy atom. The third-order valence-electron chi connectivity index (χ3n) is 5.44. The maximum absolute atomic E-state index is 12.8. The molecule has 5 rings (SSSR count). The van der Waals surface area contributed by atoms with Crippen LogP contribution in [0.15, 0.2) is 77.6 Å². The molecule has 0 amide bonds. The normalized spacial score (nSPS) is 14.2. The van der Waals surface area contributed by atoms with Gasteiger partial charge in [0.05, 0.1) is 16.9 Å². The first-order valence-electron chi connectivity index (χ1n) is 9.72. The van der Waals surface area contributed by atoms with Crippen molar-refractivity contribution in [2.24, 2.45) is 0 Å². The quantitative estimate of drug-likeness (QED) is 0.535. The van der Waals surface area contributed by atoms with Crippen LogP contribution < -0.4 is 10.7 Å². The van der Waals surface area contributed by atoms with Crippen LogP contribution in [0.4, 0.5) is 0 Å². The van der Waals surface area contributed by atoms with Crippen molar-refractivity contribution in [3.63, 3.8) is 0 Å². The lowest BCUT2D eigenvalue weighted by molar-refractivity contribution is -0.255. The third kappa shape index (κ3) is 3.10. The summed E-state index contributed by atoms with van der Waals surface area (Å²) in [5.74, 6) is -0.691. The molecule has 0 saturated heterocycles. The summed E-state index contributed by atoms with van der Waals surface area (Å²) in [7, 11) is 0. The van der Waals surface area contributed by atoms with Gasteiger partial charge in [-0.05, 0) is 52.5 Å². The lowest BCUT2D eigenvalue weighted by atomic mass is 10.0. The van der Waals surface area contributed by atoms with Gasteiger partial charge in [0.1, 0.15) is 5.82 Å². The summed E-state index contributed by atoms with van der Waals surface area (Å²) in [5.41, 5.74) is 4.52. The number of allylic oxidation sites excluding steroid dienone is 1. The number of aromatic carboxylic acids is 1. The summed E-state index contributed by atoms with van der Waals surface area (Å²) in [4.78, 5) is 28.6. The van der Waals surface area contributed by atoms with Gasteiger partial charge in [0.25, 0.3) is 5.56 Å². The number of hydrogen-bond acceptors (Lipinski definition) is 4. The van der Waals surface area contributed by atoms with E-state index in [1.165, 1.54) is 18.2 Å². The number of carbonyl (C=O) groups excluding carboxylic acids is 1. The zero-order chi connectivity index (χ0) is 20.7. The fourth-order valence-corrected chi connectivity index (χ4v) is 3.88. The number of carboxylic acids is 1. The van der Waals surface area contributed by atoms with Crippen molar-refractivity contribution >= 4 is 28.5 Å². The highest BCUT2D eigenvalue weighted by Gasteiger charge is 2.21. The van der Waals surface area contributed by atoms with E-state index in [0.717, 1.165) is 22.3 Å². The standard InChI is InChI=1S/C25H18N2O3/c28-24-21-11-10-20(25(29)30)15-22(21)26-23-19(12-13-27(23)24)14-16-6-8-18(9-7-16)17-4-2-1-3-5-17/h1-11,14-15H,12-13H2,(H,29,30)/p-1/b19-14+. The van der Waals surface area contributed by atoms with E-state index in [2.05, 4.69) is 29.2 Å². The van der Waals surface area contributed by atoms with Gasteiger partial charge in [0.15, 0.2) is 0 Å². The van der Waals surface area contributed by atoms with Crippen molar-refractivity contribution in [1.82, 2.24) is 9.55 Å². The molecule has 0 spiro atoms. The number of nitrogens with zero attached hydrogens (tertiary/aromatic N) is 2. The molecule has 0 unspecified atom stereocenters. The molecule has 0 fully saturated rings. The maximum atomic E-state index is 12.8. The average Bonchev–Trinajstić information content (AvgIpc) is 3.17. The zero-order valence-electron chi connectivity index (χ0n) is 16.0. The van der Waals surface area contributed by atoms with E-state index in [0.29, 0.717) is 29.7 Å². The fourth-order valence-electron chi connectivity index (χ4n) is 3.88. The first kappa shape index (κ1) is 18.1. The van der Waals surface area contributed by atoms with Gasteiger partial charge in [-0.15, -0.1) is 0 Å². The van der Waals surface area contributed by atoms with Crippen LogP contribution in [0.3, 0.4) is 0 Å². The molecular weight excluding hydrogens is 376 g/mol. The minimum absolute atomic E-state index is 0.0133. The second-order valence-corrected chi connectivity index (χ2v) is 7.32. The predicted molar refractivity (Wildman–Crippen MR) is 115 cm³/mol. The molecule has 0 bridgehead atoms. The minimum Gasteiger partial charge on any atom is -0.545 e. The summed E-state index contributed by atoms with van der Waals surface area (Å²) in [6.07, 6.45) is 2.74. The van der Waals surface area contributed by atoms with E-state index in [-0.39, 0.29) is 11.1 Å². The van der Waals surface area contributed by atoms with Crippen LogP contribution in [0, 0.1) is 0 Å². The van der Waals surface area contributed by atoms with Crippen molar-refractivity contribution in [3.8, 4) is 11.1 Å². The van der Waals surface area contributed by atoms with E-state index < -0.39 is 5.97 Å². The van der Waals surface area contributed by atoms with Crippen molar-refractivity contribution in [3.05, 3.63) is 100 Å². The number of benzene rings is 3. The topological polar surface area (TPSA) is 75.0 Å². The summed E-state index contributed by atoms with van der Waals surface area (Å²) < 4.78 is 1.66. The molecule has 146 valence electrons. The second-order valence-electron chi connectivity index (χ2n) is 7.32. The Morgan fingerprint density at radius 2 is 1.70 bits per heavy atom. The molecule has 3 aromatic carbocycles. The molecule has 30 heavy (non-hydrogen) atoms. The SMILES string of the molecule is O=C([O-])c1ccc2c(=O)n3c(nc2c1)/C(=C/c1ccc(-c2ccccc2)cc1)CC3. The first-order valence-corrected chi connectivity index (χ1v) is 9.72. The van der Waals surface area contributed by atoms with Gasteiger partial charge in [0.2, 0.25) is 0 Å². The lowest BCUT2D eigenvalue weighted by Crippen LogP contribution is -2.23. The Labute approximate surface area is 172 Å². The highest BCUT2D eigenvalue weighted by Crippen LogP contribution is 2.28. The van der Waals surface area contributed by atoms with Crippen molar-refractivity contribution in [2.45, 2.75) is 13.0 Å². The van der Waals surface area contributed by atoms with E-state index in [4.69, 9.17) is 0 Å². The van der Waals surface area contributed by atoms with Gasteiger partial charge in [-0.25, -0.2) is 4.98 Å². The smallest absolute Gasteiger partial charge is 0.261 e. The van der Waals surface area contributed by atoms with Gasteiger partial charge in [-0.2, -0.15) is 0 Å². The summed E-state index contributed by atoms with van der Waals surface area (Å²) in [6.45, 7) is 0.563. The summed E-state index contributed by atoms with van der Waals surface area (Å²) in [5, 5.41) is 11.6. The van der Waals surface area contributed by atoms with Gasteiger partial charge < -0.3 is 9.90 Å². The first-order chi connectivity index (χ1) is 14.6. The van der Waals surface area contributed by atoms with Crippen molar-refractivity contribution in [2.75, 3.05) is 0 Å². The van der Waals surface area contributed by atoms with Gasteiger partial charge in [-0.3, -0.25) is 9.36 Å². The van der Waals surface area contributed by atoms with Crippen LogP contribution in [-0.2, 0) is 6.54 Å². The number of rotatable bonds is 3. The molecule has 0 atom stereocenters. The highest BCUT2D eigenvalue weighted by atomic mass is 16.4. The zero-order valence-corrected chi connectivity index (χ0v) is 16.0. The largest absolute Gasteiger partial charge is 0.545 e. The van der Waals surface area contributed by atoms with Gasteiger partial charge in [-0.1, -0.05) is 60.7 Å². The van der Waals surface area contributed by atoms with Crippen molar-refractivity contribution < 1.29 is 9.90 Å². The maximum Gasteiger partial charge on any atom is 0.261 e. The Kier molecular flexibility index (Phi) is 4.29. The number of fused-ring (bicyclic) bond motifs is 2. The van der Waals surface area contributed by atoms with Crippen LogP contribution in [0.2, 0.25) is 0 Å². The molecule has 0 radical (unpaired) electrons. The van der Waals surface area contributed by atoms with E-state index in [1.54, 1.807) is 4.57 Å². The molecule has 1 aliphatic rings. The molecule has 1 aromatic heterocycles. The number of aromatic nitrogens is 2. The monoisotopic (exact) mass is 393 g/mol. The average molecular weight is 393 g/mol. The van der Waals surface area contributed by atoms with E-state index in [1.807, 2.05) is 36.4 Å². The lowest BCUT2D eigenvalue weighted by Gasteiger charge is -2.08. The molecule has 5 nitrogen and oxygen atoms in total. The van der Waals surface area contributed by atoms with Crippen LogP contribution in [0.25, 0.3) is 33.7 Å². The van der Waals surface area contributed by atoms with Crippen LogP contribution >= 0.6 is 0 Å². The van der Waals surface area contributed by atoms with Gasteiger partial charge in [0, 0.05) is 6.54 Å². The molecule has 0 N–H and O–H groups in total. The van der Waals surface area contributed by atoms with E-state index >= 15 is 0 Å². The molecule has 0 aliphatic carbocycles. The Bertz CT molecular complexity index is 1370. The molecule has 1 aliphatic heterocycles. The molecule has 2 heterocycles. The predicted octanol–water partition coefficient (Wildman–Crippen LogP) is 3.37. The van der Waals surface area contributed by atoms with Crippen LogP contribution in [-0.4, -0.2) is 15.5 Å². The highest BCUT2D eigenvalue weighted by molar-refractivity contribution is 5.92. The minimum atomic E-state index is -1.28. The van der Waals surface area contributed by atoms with Gasteiger partial charge >= 0.3 is 0 Å². The van der Waals surface area contributed by atoms with Crippen LogP contribution in [0.5, 0.6) is 0 Å². The Morgan fingerprint density at radius 1 is 0.967 bits per heavy atom. The summed E-state index contributed by atoms with van der Waals surface area (Å²) in [6, 6.07) is 22.7. The van der Waals surface area contributed by atoms with Crippen molar-refractivity contribution in [1.29, 1.82) is 0 Å². The molecule has 5 heteroatoms. The molecular formula is C25H17N2O3-. The number of carbonyl (C=O) groups is 1. The Balaban J connectivity index is 1.55. The Hall–Kier alpha value is -3.99. The third-order valence-corrected chi connectivity index (χ3v) is 5.44. The van der Waals surface area contributed by atoms with E-state index in [9.17, 15) is 14.7 Å². The second kappa shape index (κ2) is 7.12.